The number of methoxy groups -OCH3 is 2. The van der Waals surface area contributed by atoms with Gasteiger partial charge in [0.25, 0.3) is 0 Å². The Labute approximate surface area is 152 Å². The molecule has 2 heterocycles. The molecule has 7 nitrogen and oxygen atoms in total. The number of sulfonamides is 1. The Balaban J connectivity index is 0.00000288. The molecule has 1 aliphatic rings. The van der Waals surface area contributed by atoms with Crippen molar-refractivity contribution in [3.05, 3.63) is 16.3 Å². The highest BCUT2D eigenvalue weighted by atomic mass is 35.5. The summed E-state index contributed by atoms with van der Waals surface area (Å²) in [4.78, 5) is 11.7. The zero-order valence-electron chi connectivity index (χ0n) is 13.7. The fraction of sp³-hybridized carbons (Fsp3) is 0.643. The average molecular weight is 399 g/mol. The number of hydrogen-bond donors (Lipinski definition) is 2. The monoisotopic (exact) mass is 398 g/mol. The Hall–Kier alpha value is -0.710. The van der Waals surface area contributed by atoms with E-state index >= 15 is 0 Å². The van der Waals surface area contributed by atoms with Crippen molar-refractivity contribution < 1.29 is 22.7 Å². The van der Waals surface area contributed by atoms with Crippen molar-refractivity contribution in [2.45, 2.75) is 17.7 Å². The van der Waals surface area contributed by atoms with Gasteiger partial charge in [-0.05, 0) is 37.4 Å². The number of carbonyl (C=O) groups excluding carboxylic acids is 1. The van der Waals surface area contributed by atoms with Gasteiger partial charge in [0.05, 0.1) is 13.7 Å². The van der Waals surface area contributed by atoms with Crippen molar-refractivity contribution in [3.8, 4) is 0 Å². The lowest BCUT2D eigenvalue weighted by atomic mass is 9.80. The summed E-state index contributed by atoms with van der Waals surface area (Å²) in [7, 11) is -0.927. The van der Waals surface area contributed by atoms with Crippen LogP contribution in [0.1, 0.15) is 22.5 Å². The van der Waals surface area contributed by atoms with E-state index in [0.29, 0.717) is 6.61 Å². The lowest BCUT2D eigenvalue weighted by molar-refractivity contribution is 0.0576. The first-order valence-electron chi connectivity index (χ1n) is 7.29. The molecule has 0 atom stereocenters. The van der Waals surface area contributed by atoms with E-state index < -0.39 is 16.0 Å². The number of ether oxygens (including phenoxy) is 2. The molecular weight excluding hydrogens is 376 g/mol. The molecule has 0 aliphatic carbocycles. The third-order valence-electron chi connectivity index (χ3n) is 4.04. The number of nitrogens with one attached hydrogen (secondary N) is 2. The van der Waals surface area contributed by atoms with Crippen molar-refractivity contribution in [2.75, 3.05) is 40.5 Å². The van der Waals surface area contributed by atoms with Gasteiger partial charge in [-0.15, -0.1) is 23.7 Å². The predicted octanol–water partition coefficient (Wildman–Crippen LogP) is 1.25. The van der Waals surface area contributed by atoms with E-state index in [4.69, 9.17) is 4.74 Å². The highest BCUT2D eigenvalue weighted by Crippen LogP contribution is 2.29. The molecule has 1 aromatic heterocycles. The van der Waals surface area contributed by atoms with Crippen LogP contribution in [0.2, 0.25) is 0 Å². The van der Waals surface area contributed by atoms with E-state index in [2.05, 4.69) is 14.8 Å². The van der Waals surface area contributed by atoms with E-state index in [1.807, 2.05) is 0 Å². The maximum absolute atomic E-state index is 12.6. The van der Waals surface area contributed by atoms with Crippen LogP contribution in [0, 0.1) is 5.41 Å². The fourth-order valence-electron chi connectivity index (χ4n) is 2.71. The van der Waals surface area contributed by atoms with Gasteiger partial charge in [-0.2, -0.15) is 0 Å². The number of carbonyl (C=O) groups is 1. The number of thiophene rings is 1. The van der Waals surface area contributed by atoms with Gasteiger partial charge in [0.2, 0.25) is 10.0 Å². The highest BCUT2D eigenvalue weighted by Gasteiger charge is 2.34. The first-order valence-corrected chi connectivity index (χ1v) is 9.65. The molecule has 0 aromatic carbocycles. The minimum atomic E-state index is -3.77. The first kappa shape index (κ1) is 21.3. The van der Waals surface area contributed by atoms with Crippen LogP contribution in [0.15, 0.2) is 16.3 Å². The molecule has 0 saturated carbocycles. The quantitative estimate of drug-likeness (QED) is 0.671. The zero-order valence-corrected chi connectivity index (χ0v) is 16.1. The molecule has 138 valence electrons. The van der Waals surface area contributed by atoms with Crippen LogP contribution in [-0.2, 0) is 19.5 Å². The first-order chi connectivity index (χ1) is 10.9. The van der Waals surface area contributed by atoms with Crippen LogP contribution in [0.4, 0.5) is 0 Å². The van der Waals surface area contributed by atoms with Gasteiger partial charge in [-0.3, -0.25) is 0 Å². The number of esters is 1. The Morgan fingerprint density at radius 2 is 2.04 bits per heavy atom. The van der Waals surface area contributed by atoms with Gasteiger partial charge < -0.3 is 14.8 Å². The third kappa shape index (κ3) is 4.90. The molecule has 1 fully saturated rings. The highest BCUT2D eigenvalue weighted by molar-refractivity contribution is 7.89. The van der Waals surface area contributed by atoms with E-state index in [1.54, 1.807) is 12.5 Å². The standard InChI is InChI=1S/C14H22N2O5S2.ClH/c1-20-10-14(4-6-15-7-5-14)9-16-23(18,19)11-3-8-22-12(11)13(17)21-2;/h3,8,15-16H,4-7,9-10H2,1-2H3;1H. The predicted molar refractivity (Wildman–Crippen MR) is 94.5 cm³/mol. The van der Waals surface area contributed by atoms with Gasteiger partial charge in [0.15, 0.2) is 0 Å². The zero-order chi connectivity index (χ0) is 16.9. The maximum atomic E-state index is 12.6. The van der Waals surface area contributed by atoms with Gasteiger partial charge in [-0.1, -0.05) is 0 Å². The van der Waals surface area contributed by atoms with E-state index in [-0.39, 0.29) is 34.1 Å². The molecule has 2 rings (SSSR count). The molecule has 24 heavy (non-hydrogen) atoms. The van der Waals surface area contributed by atoms with Crippen molar-refractivity contribution in [1.82, 2.24) is 10.0 Å². The fourth-order valence-corrected chi connectivity index (χ4v) is 5.20. The lowest BCUT2D eigenvalue weighted by Gasteiger charge is -2.37. The van der Waals surface area contributed by atoms with Gasteiger partial charge in [0.1, 0.15) is 9.77 Å². The second-order valence-corrected chi connectivity index (χ2v) is 8.26. The third-order valence-corrected chi connectivity index (χ3v) is 6.51. The molecule has 1 saturated heterocycles. The Morgan fingerprint density at radius 3 is 2.62 bits per heavy atom. The van der Waals surface area contributed by atoms with E-state index in [9.17, 15) is 13.2 Å². The van der Waals surface area contributed by atoms with Crippen LogP contribution in [0.25, 0.3) is 0 Å². The van der Waals surface area contributed by atoms with Crippen molar-refractivity contribution in [1.29, 1.82) is 0 Å². The summed E-state index contributed by atoms with van der Waals surface area (Å²) in [6.07, 6.45) is 1.66. The molecular formula is C14H23ClN2O5S2. The molecule has 2 N–H and O–H groups in total. The topological polar surface area (TPSA) is 93.7 Å². The summed E-state index contributed by atoms with van der Waals surface area (Å²) in [5, 5.41) is 4.83. The average Bonchev–Trinajstić information content (AvgIpc) is 3.04. The molecule has 10 heteroatoms. The maximum Gasteiger partial charge on any atom is 0.349 e. The number of halogens is 1. The van der Waals surface area contributed by atoms with Crippen molar-refractivity contribution >= 4 is 39.7 Å². The smallest absolute Gasteiger partial charge is 0.349 e. The molecule has 0 spiro atoms. The van der Waals surface area contributed by atoms with Crippen LogP contribution in [0.3, 0.4) is 0 Å². The van der Waals surface area contributed by atoms with Crippen molar-refractivity contribution in [2.24, 2.45) is 5.41 Å². The van der Waals surface area contributed by atoms with Crippen LogP contribution >= 0.6 is 23.7 Å². The Kier molecular flexibility index (Phi) is 8.10. The number of rotatable bonds is 7. The Morgan fingerprint density at radius 1 is 1.38 bits per heavy atom. The second-order valence-electron chi connectivity index (χ2n) is 5.61. The lowest BCUT2D eigenvalue weighted by Crippen LogP contribution is -2.47. The largest absolute Gasteiger partial charge is 0.465 e. The molecule has 1 aromatic rings. The van der Waals surface area contributed by atoms with Gasteiger partial charge in [0, 0.05) is 19.1 Å². The SMILES string of the molecule is COCC1(CNS(=O)(=O)c2ccsc2C(=O)OC)CCNCC1.Cl. The van der Waals surface area contributed by atoms with Crippen LogP contribution in [0.5, 0.6) is 0 Å². The van der Waals surface area contributed by atoms with Crippen LogP contribution < -0.4 is 10.0 Å². The molecule has 0 radical (unpaired) electrons. The Bertz CT molecular complexity index is 636. The number of piperidine rings is 1. The van der Waals surface area contributed by atoms with Gasteiger partial charge >= 0.3 is 5.97 Å². The summed E-state index contributed by atoms with van der Waals surface area (Å²) in [5.74, 6) is -0.645. The minimum absolute atomic E-state index is 0. The van der Waals surface area contributed by atoms with Crippen LogP contribution in [-0.4, -0.2) is 54.8 Å². The van der Waals surface area contributed by atoms with E-state index in [0.717, 1.165) is 37.3 Å². The molecule has 0 bridgehead atoms. The summed E-state index contributed by atoms with van der Waals surface area (Å²) in [6, 6.07) is 1.42. The summed E-state index contributed by atoms with van der Waals surface area (Å²) >= 11 is 1.05. The molecule has 0 amide bonds. The summed E-state index contributed by atoms with van der Waals surface area (Å²) in [6.45, 7) is 2.43. The normalized spacial score (nSPS) is 17.1. The molecule has 0 unspecified atom stereocenters. The van der Waals surface area contributed by atoms with Gasteiger partial charge in [-0.25, -0.2) is 17.9 Å². The minimum Gasteiger partial charge on any atom is -0.465 e. The number of hydrogen-bond acceptors (Lipinski definition) is 7. The summed E-state index contributed by atoms with van der Waals surface area (Å²) in [5.41, 5.74) is -0.228. The van der Waals surface area contributed by atoms with Crippen molar-refractivity contribution in [3.63, 3.8) is 0 Å². The van der Waals surface area contributed by atoms with E-state index in [1.165, 1.54) is 13.2 Å². The second kappa shape index (κ2) is 9.12. The summed E-state index contributed by atoms with van der Waals surface area (Å²) < 4.78 is 37.7. The molecule has 1 aliphatic heterocycles.